The summed E-state index contributed by atoms with van der Waals surface area (Å²) in [6.07, 6.45) is -0.382. The summed E-state index contributed by atoms with van der Waals surface area (Å²) in [6, 6.07) is 20.6. The molecule has 1 aliphatic rings. The second-order valence-electron chi connectivity index (χ2n) is 10.1. The number of nitrogens with two attached hydrogens (primary N) is 1. The van der Waals surface area contributed by atoms with Crippen LogP contribution >= 0.6 is 0 Å². The molecule has 0 saturated heterocycles. The van der Waals surface area contributed by atoms with Crippen LogP contribution in [-0.2, 0) is 25.8 Å². The summed E-state index contributed by atoms with van der Waals surface area (Å²) in [5.41, 5.74) is 15.9. The van der Waals surface area contributed by atoms with Gasteiger partial charge in [0.15, 0.2) is 0 Å². The van der Waals surface area contributed by atoms with Crippen LogP contribution in [0.1, 0.15) is 87.8 Å². The van der Waals surface area contributed by atoms with Gasteiger partial charge in [0.1, 0.15) is 0 Å². The fraction of sp³-hybridized carbons (Fsp3) is 0.405. The van der Waals surface area contributed by atoms with E-state index in [0.29, 0.717) is 25.0 Å². The molecule has 2 N–H and O–H groups in total. The lowest BCUT2D eigenvalue weighted by Crippen LogP contribution is -2.22. The Balaban J connectivity index is 0.00000110. The van der Waals surface area contributed by atoms with Crippen molar-refractivity contribution in [2.75, 3.05) is 0 Å². The number of alkyl halides is 3. The van der Waals surface area contributed by atoms with Crippen molar-refractivity contribution in [3.05, 3.63) is 113 Å². The van der Waals surface area contributed by atoms with Crippen LogP contribution in [0.3, 0.4) is 0 Å². The van der Waals surface area contributed by atoms with Gasteiger partial charge in [-0.3, -0.25) is 0 Å². The van der Waals surface area contributed by atoms with E-state index in [9.17, 15) is 13.2 Å². The number of hydrogen-bond acceptors (Lipinski definition) is 1. The van der Waals surface area contributed by atoms with E-state index in [4.69, 9.17) is 5.73 Å². The summed E-state index contributed by atoms with van der Waals surface area (Å²) in [4.78, 5) is 0. The molecule has 0 radical (unpaired) electrons. The molecule has 224 valence electrons. The Morgan fingerprint density at radius 3 is 2.07 bits per heavy atom. The molecule has 1 atom stereocenters. The van der Waals surface area contributed by atoms with Crippen LogP contribution in [-0.4, -0.2) is 6.18 Å². The van der Waals surface area contributed by atoms with Crippen LogP contribution in [0.25, 0.3) is 16.7 Å². The number of hydrogen-bond donors (Lipinski definition) is 1. The van der Waals surface area contributed by atoms with Gasteiger partial charge in [-0.2, -0.15) is 13.2 Å². The van der Waals surface area contributed by atoms with E-state index in [0.717, 1.165) is 46.2 Å². The van der Waals surface area contributed by atoms with Crippen molar-refractivity contribution < 1.29 is 13.2 Å². The van der Waals surface area contributed by atoms with Gasteiger partial charge in [0.25, 0.3) is 0 Å². The van der Waals surface area contributed by atoms with Crippen LogP contribution in [0.5, 0.6) is 0 Å². The van der Waals surface area contributed by atoms with Gasteiger partial charge in [-0.15, -0.1) is 13.2 Å². The molecule has 0 heterocycles. The Hall–Kier alpha value is -3.11. The van der Waals surface area contributed by atoms with Crippen molar-refractivity contribution in [1.29, 1.82) is 0 Å². The summed E-state index contributed by atoms with van der Waals surface area (Å²) >= 11 is 0. The summed E-state index contributed by atoms with van der Waals surface area (Å²) in [5.74, 6) is -1.46. The van der Waals surface area contributed by atoms with E-state index in [-0.39, 0.29) is 0 Å². The van der Waals surface area contributed by atoms with Gasteiger partial charge in [-0.05, 0) is 96.2 Å². The zero-order valence-electron chi connectivity index (χ0n) is 26.2. The van der Waals surface area contributed by atoms with Gasteiger partial charge in [0.05, 0.1) is 5.92 Å². The molecule has 1 nitrogen and oxygen atoms in total. The summed E-state index contributed by atoms with van der Waals surface area (Å²) in [7, 11) is 0. The number of fused-ring (bicyclic) bond motifs is 1. The fourth-order valence-electron chi connectivity index (χ4n) is 5.05. The molecule has 0 aromatic heterocycles. The molecule has 0 bridgehead atoms. The molecule has 4 heteroatoms. The molecule has 1 unspecified atom stereocenters. The maximum Gasteiger partial charge on any atom is 0.395 e. The van der Waals surface area contributed by atoms with Gasteiger partial charge in [0.2, 0.25) is 0 Å². The van der Waals surface area contributed by atoms with E-state index in [1.165, 1.54) is 30.0 Å². The Morgan fingerprint density at radius 1 is 0.854 bits per heavy atom. The smallest absolute Gasteiger partial charge is 0.326 e. The standard InChI is InChI=1S/C30H32F3N.C3H8.C2H6.C2H4/c1-4-22-9-8-19(2)14-24(22)12-13-27-28(20(3)30(31,32)33)17-26-11-10-25(16-29(26)27)23-7-5-6-21(15-23)18-34;1-3-2;2*1-2/h5-11,14-16,20H,4,12-13,17-18,34H2,1-3H3;3H2,1-2H3;1-2H3;1-2H2. The second-order valence-corrected chi connectivity index (χ2v) is 10.1. The summed E-state index contributed by atoms with van der Waals surface area (Å²) < 4.78 is 41.4. The minimum atomic E-state index is -4.25. The normalized spacial score (nSPS) is 12.7. The lowest BCUT2D eigenvalue weighted by atomic mass is 9.90. The monoisotopic (exact) mass is 565 g/mol. The van der Waals surface area contributed by atoms with E-state index in [1.54, 1.807) is 0 Å². The van der Waals surface area contributed by atoms with Crippen molar-refractivity contribution in [1.82, 2.24) is 0 Å². The lowest BCUT2D eigenvalue weighted by Gasteiger charge is -2.19. The van der Waals surface area contributed by atoms with Crippen molar-refractivity contribution in [2.45, 2.75) is 93.3 Å². The number of rotatable bonds is 7. The highest BCUT2D eigenvalue weighted by Gasteiger charge is 2.41. The molecular formula is C37H50F3N. The summed E-state index contributed by atoms with van der Waals surface area (Å²) in [5, 5.41) is 0. The second kappa shape index (κ2) is 17.6. The molecule has 0 aliphatic heterocycles. The van der Waals surface area contributed by atoms with Crippen molar-refractivity contribution >= 4 is 5.57 Å². The highest BCUT2D eigenvalue weighted by Crippen LogP contribution is 2.45. The third kappa shape index (κ3) is 9.74. The minimum absolute atomic E-state index is 0.364. The predicted molar refractivity (Wildman–Crippen MR) is 173 cm³/mol. The Labute approximate surface area is 247 Å². The van der Waals surface area contributed by atoms with Gasteiger partial charge >= 0.3 is 6.18 Å². The third-order valence-corrected chi connectivity index (χ3v) is 7.10. The predicted octanol–water partition coefficient (Wildman–Crippen LogP) is 11.1. The first-order valence-corrected chi connectivity index (χ1v) is 14.9. The highest BCUT2D eigenvalue weighted by atomic mass is 19.4. The van der Waals surface area contributed by atoms with Gasteiger partial charge in [-0.25, -0.2) is 0 Å². The number of allylic oxidation sites excluding steroid dienone is 2. The van der Waals surface area contributed by atoms with Crippen molar-refractivity contribution in [2.24, 2.45) is 11.7 Å². The maximum atomic E-state index is 13.8. The molecule has 41 heavy (non-hydrogen) atoms. The molecule has 3 aromatic carbocycles. The molecule has 4 rings (SSSR count). The molecule has 0 amide bonds. The van der Waals surface area contributed by atoms with Crippen LogP contribution in [0.15, 0.2) is 79.4 Å². The van der Waals surface area contributed by atoms with Gasteiger partial charge in [0, 0.05) is 6.54 Å². The van der Waals surface area contributed by atoms with Crippen molar-refractivity contribution in [3.63, 3.8) is 0 Å². The van der Waals surface area contributed by atoms with Gasteiger partial charge in [-0.1, -0.05) is 101 Å². The number of aryl methyl sites for hydroxylation is 3. The molecule has 0 fully saturated rings. The molecule has 0 saturated carbocycles. The zero-order chi connectivity index (χ0) is 31.2. The largest absolute Gasteiger partial charge is 0.395 e. The van der Waals surface area contributed by atoms with Crippen LogP contribution in [0.2, 0.25) is 0 Å². The Morgan fingerprint density at radius 2 is 1.49 bits per heavy atom. The van der Waals surface area contributed by atoms with Crippen molar-refractivity contribution in [3.8, 4) is 11.1 Å². The average molecular weight is 566 g/mol. The maximum absolute atomic E-state index is 13.8. The van der Waals surface area contributed by atoms with Crippen LogP contribution < -0.4 is 5.73 Å². The minimum Gasteiger partial charge on any atom is -0.326 e. The van der Waals surface area contributed by atoms with Crippen LogP contribution in [0, 0.1) is 12.8 Å². The first-order valence-electron chi connectivity index (χ1n) is 14.9. The SMILES string of the molecule is C=C.CC.CCC.CCc1ccc(C)cc1CCC1=C(C(C)C(F)(F)F)Cc2ccc(-c3cccc(CN)c3)cc21. The quantitative estimate of drug-likeness (QED) is 0.283. The van der Waals surface area contributed by atoms with E-state index >= 15 is 0 Å². The number of halogens is 3. The highest BCUT2D eigenvalue weighted by molar-refractivity contribution is 5.81. The molecule has 1 aliphatic carbocycles. The average Bonchev–Trinajstić information content (AvgIpc) is 3.35. The van der Waals surface area contributed by atoms with Gasteiger partial charge < -0.3 is 5.73 Å². The number of benzene rings is 3. The Kier molecular flexibility index (Phi) is 15.5. The molecule has 3 aromatic rings. The summed E-state index contributed by atoms with van der Waals surface area (Å²) in [6.45, 7) is 20.2. The van der Waals surface area contributed by atoms with E-state index in [2.05, 4.69) is 71.2 Å². The Bertz CT molecular complexity index is 1250. The zero-order valence-corrected chi connectivity index (χ0v) is 26.2. The third-order valence-electron chi connectivity index (χ3n) is 7.10. The fourth-order valence-corrected chi connectivity index (χ4v) is 5.05. The first-order chi connectivity index (χ1) is 19.6. The van der Waals surface area contributed by atoms with E-state index < -0.39 is 12.1 Å². The first kappa shape index (κ1) is 35.9. The topological polar surface area (TPSA) is 26.0 Å². The molecule has 0 spiro atoms. The lowest BCUT2D eigenvalue weighted by molar-refractivity contribution is -0.159. The van der Waals surface area contributed by atoms with Crippen LogP contribution in [0.4, 0.5) is 13.2 Å². The van der Waals surface area contributed by atoms with E-state index in [1.807, 2.05) is 44.2 Å². The molecular weight excluding hydrogens is 515 g/mol.